The van der Waals surface area contributed by atoms with Gasteiger partial charge in [-0.05, 0) is 29.3 Å². The van der Waals surface area contributed by atoms with Gasteiger partial charge in [-0.2, -0.15) is 8.42 Å². The smallest absolute Gasteiger partial charge is 0.340 e. The molecule has 0 aliphatic heterocycles. The maximum absolute atomic E-state index is 12.5. The average molecular weight is 391 g/mol. The summed E-state index contributed by atoms with van der Waals surface area (Å²) in [5.41, 5.74) is 7.03. The minimum Gasteiger partial charge on any atom is -0.377 e. The molecule has 1 heterocycles. The Morgan fingerprint density at radius 3 is 2.35 bits per heavy atom. The average Bonchev–Trinajstić information content (AvgIpc) is 3.00. The highest BCUT2D eigenvalue weighted by Gasteiger charge is 2.22. The topological polar surface area (TPSA) is 91.4 Å². The van der Waals surface area contributed by atoms with E-state index < -0.39 is 16.0 Å². The van der Waals surface area contributed by atoms with Gasteiger partial charge in [0.05, 0.1) is 5.02 Å². The maximum Gasteiger partial charge on any atom is 0.340 e. The van der Waals surface area contributed by atoms with Gasteiger partial charge in [0, 0.05) is 13.2 Å². The molecule has 1 aromatic heterocycles. The van der Waals surface area contributed by atoms with Crippen LogP contribution in [0.5, 0.6) is 5.75 Å². The number of aromatic nitrogens is 1. The molecule has 0 fully saturated rings. The number of hydrogen-bond donors (Lipinski definition) is 1. The number of aryl methyl sites for hydroxylation is 1. The Labute approximate surface area is 155 Å². The van der Waals surface area contributed by atoms with E-state index in [0.29, 0.717) is 0 Å². The number of primary amides is 1. The van der Waals surface area contributed by atoms with Crippen LogP contribution in [0.4, 0.5) is 0 Å². The second-order valence-corrected chi connectivity index (χ2v) is 7.54. The summed E-state index contributed by atoms with van der Waals surface area (Å²) < 4.78 is 31.4. The molecule has 0 aliphatic carbocycles. The Hall–Kier alpha value is -2.77. The Morgan fingerprint density at radius 2 is 1.77 bits per heavy atom. The van der Waals surface area contributed by atoms with Crippen LogP contribution in [-0.4, -0.2) is 18.9 Å². The molecule has 2 aromatic carbocycles. The third-order valence-corrected chi connectivity index (χ3v) is 5.25. The summed E-state index contributed by atoms with van der Waals surface area (Å²) in [6.07, 6.45) is 1.25. The van der Waals surface area contributed by atoms with Gasteiger partial charge in [-0.25, -0.2) is 0 Å². The Kier molecular flexibility index (Phi) is 4.76. The van der Waals surface area contributed by atoms with Crippen molar-refractivity contribution in [3.8, 4) is 16.9 Å². The van der Waals surface area contributed by atoms with E-state index in [1.807, 2.05) is 30.3 Å². The number of nitrogens with two attached hydrogens (primary N) is 1. The van der Waals surface area contributed by atoms with Gasteiger partial charge in [0.2, 0.25) is 0 Å². The largest absolute Gasteiger partial charge is 0.377 e. The highest BCUT2D eigenvalue weighted by Crippen LogP contribution is 2.32. The SMILES string of the molecule is Cn1cc(S(=O)(=O)Oc2ccc(-c3ccccc3)cc2Cl)cc1C(N)=O. The Balaban J connectivity index is 1.91. The number of benzene rings is 2. The lowest BCUT2D eigenvalue weighted by Crippen LogP contribution is -2.14. The molecule has 8 heteroatoms. The molecule has 0 atom stereocenters. The van der Waals surface area contributed by atoms with Crippen LogP contribution in [0.25, 0.3) is 11.1 Å². The molecule has 0 unspecified atom stereocenters. The first-order chi connectivity index (χ1) is 12.3. The highest BCUT2D eigenvalue weighted by atomic mass is 35.5. The van der Waals surface area contributed by atoms with Crippen molar-refractivity contribution in [1.82, 2.24) is 4.57 Å². The van der Waals surface area contributed by atoms with E-state index in [1.165, 1.54) is 23.9 Å². The molecule has 0 saturated carbocycles. The fourth-order valence-corrected chi connectivity index (χ4v) is 3.75. The van der Waals surface area contributed by atoms with E-state index in [2.05, 4.69) is 0 Å². The number of rotatable bonds is 5. The standard InChI is InChI=1S/C18H15ClN2O4S/c1-21-11-14(10-16(21)18(20)22)26(23,24)25-17-8-7-13(9-15(17)19)12-5-3-2-4-6-12/h2-11H,1H3,(H2,20,22). The predicted octanol–water partition coefficient (Wildman–Crippen LogP) is 3.21. The van der Waals surface area contributed by atoms with E-state index >= 15 is 0 Å². The number of halogens is 1. The van der Waals surface area contributed by atoms with Crippen LogP contribution in [0.1, 0.15) is 10.5 Å². The van der Waals surface area contributed by atoms with E-state index in [0.717, 1.165) is 17.2 Å². The molecule has 3 rings (SSSR count). The molecular formula is C18H15ClN2O4S. The van der Waals surface area contributed by atoms with Gasteiger partial charge in [-0.3, -0.25) is 4.79 Å². The summed E-state index contributed by atoms with van der Waals surface area (Å²) in [5, 5.41) is 0.154. The summed E-state index contributed by atoms with van der Waals surface area (Å²) in [7, 11) is -2.65. The third-order valence-electron chi connectivity index (χ3n) is 3.76. The first-order valence-corrected chi connectivity index (χ1v) is 9.32. The molecule has 6 nitrogen and oxygen atoms in total. The van der Waals surface area contributed by atoms with Gasteiger partial charge in [-0.15, -0.1) is 0 Å². The van der Waals surface area contributed by atoms with Gasteiger partial charge in [-0.1, -0.05) is 48.0 Å². The van der Waals surface area contributed by atoms with Crippen LogP contribution in [0.3, 0.4) is 0 Å². The molecule has 1 amide bonds. The van der Waals surface area contributed by atoms with E-state index in [1.54, 1.807) is 12.1 Å². The molecule has 26 heavy (non-hydrogen) atoms. The van der Waals surface area contributed by atoms with Crippen LogP contribution in [0.2, 0.25) is 5.02 Å². The summed E-state index contributed by atoms with van der Waals surface area (Å²) in [6.45, 7) is 0. The maximum atomic E-state index is 12.5. The molecule has 0 aliphatic rings. The number of nitrogens with zero attached hydrogens (tertiary/aromatic N) is 1. The highest BCUT2D eigenvalue weighted by molar-refractivity contribution is 7.87. The van der Waals surface area contributed by atoms with Crippen molar-refractivity contribution in [2.24, 2.45) is 12.8 Å². The van der Waals surface area contributed by atoms with Gasteiger partial charge >= 0.3 is 10.1 Å². The molecule has 2 N–H and O–H groups in total. The van der Waals surface area contributed by atoms with Gasteiger partial charge in [0.15, 0.2) is 5.75 Å². The zero-order chi connectivity index (χ0) is 18.9. The van der Waals surface area contributed by atoms with Crippen molar-refractivity contribution in [1.29, 1.82) is 0 Å². The molecular weight excluding hydrogens is 376 g/mol. The first-order valence-electron chi connectivity index (χ1n) is 7.53. The Morgan fingerprint density at radius 1 is 1.08 bits per heavy atom. The van der Waals surface area contributed by atoms with E-state index in [4.69, 9.17) is 21.5 Å². The molecule has 3 aromatic rings. The molecule has 0 bridgehead atoms. The van der Waals surface area contributed by atoms with E-state index in [-0.39, 0.29) is 21.4 Å². The normalized spacial score (nSPS) is 11.3. The van der Waals surface area contributed by atoms with Crippen LogP contribution >= 0.6 is 11.6 Å². The first kappa shape index (κ1) is 18.0. The van der Waals surface area contributed by atoms with Crippen LogP contribution in [0.15, 0.2) is 65.7 Å². The lowest BCUT2D eigenvalue weighted by molar-refractivity contribution is 0.0992. The summed E-state index contributed by atoms with van der Waals surface area (Å²) in [5.74, 6) is -0.741. The lowest BCUT2D eigenvalue weighted by atomic mass is 10.1. The van der Waals surface area contributed by atoms with Crippen molar-refractivity contribution in [3.63, 3.8) is 0 Å². The van der Waals surface area contributed by atoms with Gasteiger partial charge in [0.1, 0.15) is 10.6 Å². The number of carbonyl (C=O) groups is 1. The third kappa shape index (κ3) is 3.58. The van der Waals surface area contributed by atoms with Gasteiger partial charge in [0.25, 0.3) is 5.91 Å². The van der Waals surface area contributed by atoms with Crippen LogP contribution < -0.4 is 9.92 Å². The molecule has 0 radical (unpaired) electrons. The molecule has 0 saturated heterocycles. The van der Waals surface area contributed by atoms with Crippen molar-refractivity contribution >= 4 is 27.6 Å². The van der Waals surface area contributed by atoms with Crippen LogP contribution in [-0.2, 0) is 17.2 Å². The summed E-state index contributed by atoms with van der Waals surface area (Å²) in [4.78, 5) is 11.1. The fourth-order valence-electron chi connectivity index (χ4n) is 2.46. The second-order valence-electron chi connectivity index (χ2n) is 5.58. The van der Waals surface area contributed by atoms with Crippen LogP contribution in [0, 0.1) is 0 Å². The molecule has 134 valence electrons. The summed E-state index contributed by atoms with van der Waals surface area (Å²) >= 11 is 6.19. The van der Waals surface area contributed by atoms with Crippen molar-refractivity contribution < 1.29 is 17.4 Å². The lowest BCUT2D eigenvalue weighted by Gasteiger charge is -2.09. The number of amides is 1. The van der Waals surface area contributed by atoms with E-state index in [9.17, 15) is 13.2 Å². The Bertz CT molecular complexity index is 1080. The molecule has 0 spiro atoms. The quantitative estimate of drug-likeness (QED) is 0.677. The van der Waals surface area contributed by atoms with Crippen molar-refractivity contribution in [2.75, 3.05) is 0 Å². The number of hydrogen-bond acceptors (Lipinski definition) is 4. The number of carbonyl (C=O) groups excluding carboxylic acids is 1. The van der Waals surface area contributed by atoms with Crippen molar-refractivity contribution in [3.05, 3.63) is 71.5 Å². The summed E-state index contributed by atoms with van der Waals surface area (Å²) in [6, 6.07) is 15.5. The monoisotopic (exact) mass is 390 g/mol. The zero-order valence-corrected chi connectivity index (χ0v) is 15.3. The predicted molar refractivity (Wildman–Crippen MR) is 98.6 cm³/mol. The van der Waals surface area contributed by atoms with Crippen molar-refractivity contribution in [2.45, 2.75) is 4.90 Å². The van der Waals surface area contributed by atoms with Gasteiger partial charge < -0.3 is 14.5 Å². The fraction of sp³-hybridized carbons (Fsp3) is 0.0556. The second kappa shape index (κ2) is 6.86. The minimum atomic E-state index is -4.16. The zero-order valence-electron chi connectivity index (χ0n) is 13.7. The minimum absolute atomic E-state index is 0.00386.